The molecule has 0 heterocycles. The third kappa shape index (κ3) is 1.93. The molecule has 0 saturated carbocycles. The van der Waals surface area contributed by atoms with Crippen molar-refractivity contribution in [3.8, 4) is 0 Å². The summed E-state index contributed by atoms with van der Waals surface area (Å²) in [6, 6.07) is 0. The number of halogens is 2. The van der Waals surface area contributed by atoms with Crippen LogP contribution in [0.25, 0.3) is 0 Å². The van der Waals surface area contributed by atoms with Crippen molar-refractivity contribution in [3.63, 3.8) is 0 Å². The zero-order chi connectivity index (χ0) is 8.41. The zero-order valence-corrected chi connectivity index (χ0v) is 6.17. The van der Waals surface area contributed by atoms with E-state index < -0.39 is 16.9 Å². The van der Waals surface area contributed by atoms with Gasteiger partial charge in [0, 0.05) is 0 Å². The Labute approximate surface area is 66.3 Å². The van der Waals surface area contributed by atoms with Crippen LogP contribution in [0.2, 0.25) is 0 Å². The van der Waals surface area contributed by atoms with Gasteiger partial charge < -0.3 is 15.3 Å². The Hall–Kier alpha value is 0.380. The van der Waals surface area contributed by atoms with Gasteiger partial charge in [-0.3, -0.25) is 0 Å². The minimum Gasteiger partial charge on any atom is -0.391 e. The summed E-state index contributed by atoms with van der Waals surface area (Å²) >= 11 is 9.89. The number of alkyl halides is 2. The van der Waals surface area contributed by atoms with Gasteiger partial charge in [-0.15, -0.1) is 0 Å². The predicted molar refractivity (Wildman–Crippen MR) is 32.4 cm³/mol. The number of aliphatic hydroxyl groups excluding tert-OH is 1. The summed E-state index contributed by atoms with van der Waals surface area (Å²) in [4.78, 5) is 3.26. The fourth-order valence-electron chi connectivity index (χ4n) is 0.165. The fourth-order valence-corrected chi connectivity index (χ4v) is 0.285. The summed E-state index contributed by atoms with van der Waals surface area (Å²) in [7, 11) is 0. The largest absolute Gasteiger partial charge is 0.391 e. The Morgan fingerprint density at radius 3 is 1.80 bits per heavy atom. The molecule has 0 radical (unpaired) electrons. The molecule has 5 nitrogen and oxygen atoms in total. The van der Waals surface area contributed by atoms with Crippen LogP contribution in [-0.4, -0.2) is 37.5 Å². The summed E-state index contributed by atoms with van der Waals surface area (Å²) in [5.74, 6) is -2.90. The molecule has 7 heteroatoms. The summed E-state index contributed by atoms with van der Waals surface area (Å²) in [5, 5.41) is 33.3. The van der Waals surface area contributed by atoms with E-state index in [4.69, 9.17) is 43.8 Å². The highest BCUT2D eigenvalue weighted by Gasteiger charge is 2.49. The van der Waals surface area contributed by atoms with Gasteiger partial charge in [-0.05, 0) is 0 Å². The van der Waals surface area contributed by atoms with Gasteiger partial charge in [0.1, 0.15) is 6.61 Å². The van der Waals surface area contributed by atoms with Crippen molar-refractivity contribution in [2.24, 2.45) is 0 Å². The highest BCUT2D eigenvalue weighted by Crippen LogP contribution is 2.32. The van der Waals surface area contributed by atoms with Crippen molar-refractivity contribution in [1.82, 2.24) is 0 Å². The van der Waals surface area contributed by atoms with Gasteiger partial charge in [0.2, 0.25) is 5.79 Å². The second-order valence-corrected chi connectivity index (χ2v) is 2.84. The summed E-state index contributed by atoms with van der Waals surface area (Å²) < 4.78 is -2.65. The maximum absolute atomic E-state index is 8.61. The van der Waals surface area contributed by atoms with Gasteiger partial charge in [0.25, 0.3) is 0 Å². The molecule has 0 fully saturated rings. The van der Waals surface area contributed by atoms with Crippen LogP contribution in [0, 0.1) is 0 Å². The summed E-state index contributed by atoms with van der Waals surface area (Å²) in [5.41, 5.74) is 0. The molecule has 0 aromatic carbocycles. The Bertz CT molecular complexity index is 99.5. The van der Waals surface area contributed by atoms with E-state index in [1.807, 2.05) is 0 Å². The third-order valence-electron chi connectivity index (χ3n) is 0.801. The van der Waals surface area contributed by atoms with Gasteiger partial charge in [-0.25, -0.2) is 5.26 Å². The van der Waals surface area contributed by atoms with E-state index in [2.05, 4.69) is 4.89 Å². The molecule has 0 saturated heterocycles. The number of aliphatic hydroxyl groups is 3. The first-order valence-electron chi connectivity index (χ1n) is 2.13. The molecule has 0 aliphatic heterocycles. The fraction of sp³-hybridized carbons (Fsp3) is 1.00. The highest BCUT2D eigenvalue weighted by atomic mass is 35.5. The van der Waals surface area contributed by atoms with Crippen LogP contribution in [0.3, 0.4) is 0 Å². The summed E-state index contributed by atoms with van der Waals surface area (Å²) in [6.07, 6.45) is 0. The second kappa shape index (κ2) is 3.19. The molecular formula is C3H6Cl2O5. The molecule has 0 bridgehead atoms. The van der Waals surface area contributed by atoms with Crippen LogP contribution >= 0.6 is 23.2 Å². The lowest BCUT2D eigenvalue weighted by atomic mass is 10.3. The van der Waals surface area contributed by atoms with Crippen molar-refractivity contribution in [2.45, 2.75) is 10.3 Å². The lowest BCUT2D eigenvalue weighted by Crippen LogP contribution is -2.50. The standard InChI is InChI=1S/C3H6Cl2O5/c4-3(5,10-9)2(7,8)1-6/h6-9H,1H2. The first-order valence-corrected chi connectivity index (χ1v) is 2.89. The minimum atomic E-state index is -2.90. The van der Waals surface area contributed by atoms with Crippen LogP contribution in [0.1, 0.15) is 0 Å². The number of hydrogen-bond donors (Lipinski definition) is 4. The van der Waals surface area contributed by atoms with Crippen LogP contribution in [0.5, 0.6) is 0 Å². The third-order valence-corrected chi connectivity index (χ3v) is 1.54. The predicted octanol–water partition coefficient (Wildman–Crippen LogP) is -0.719. The maximum Gasteiger partial charge on any atom is 0.305 e. The average Bonchev–Trinajstić information content (AvgIpc) is 1.88. The molecule has 0 amide bonds. The van der Waals surface area contributed by atoms with Crippen molar-refractivity contribution in [1.29, 1.82) is 0 Å². The Morgan fingerprint density at radius 2 is 1.70 bits per heavy atom. The normalized spacial score (nSPS) is 13.8. The van der Waals surface area contributed by atoms with E-state index in [-0.39, 0.29) is 0 Å². The van der Waals surface area contributed by atoms with E-state index in [0.717, 1.165) is 0 Å². The molecule has 62 valence electrons. The molecule has 0 atom stereocenters. The molecule has 0 aliphatic carbocycles. The zero-order valence-electron chi connectivity index (χ0n) is 4.66. The minimum absolute atomic E-state index is 1.17. The quantitative estimate of drug-likeness (QED) is 0.205. The van der Waals surface area contributed by atoms with Crippen molar-refractivity contribution in [3.05, 3.63) is 0 Å². The van der Waals surface area contributed by atoms with Gasteiger partial charge in [-0.2, -0.15) is 4.89 Å². The topological polar surface area (TPSA) is 90.2 Å². The lowest BCUT2D eigenvalue weighted by Gasteiger charge is -2.28. The lowest BCUT2D eigenvalue weighted by molar-refractivity contribution is -0.352. The second-order valence-electron chi connectivity index (χ2n) is 1.58. The van der Waals surface area contributed by atoms with Crippen LogP contribution in [0.15, 0.2) is 0 Å². The first kappa shape index (κ1) is 10.4. The summed E-state index contributed by atoms with van der Waals surface area (Å²) in [6.45, 7) is -1.17. The van der Waals surface area contributed by atoms with Gasteiger partial charge in [0.15, 0.2) is 0 Å². The van der Waals surface area contributed by atoms with Crippen molar-refractivity contribution < 1.29 is 25.5 Å². The van der Waals surface area contributed by atoms with Crippen molar-refractivity contribution in [2.75, 3.05) is 6.61 Å². The molecule has 0 spiro atoms. The average molecular weight is 193 g/mol. The van der Waals surface area contributed by atoms with E-state index >= 15 is 0 Å². The number of hydrogen-bond acceptors (Lipinski definition) is 5. The van der Waals surface area contributed by atoms with E-state index in [0.29, 0.717) is 0 Å². The molecular weight excluding hydrogens is 187 g/mol. The number of rotatable bonds is 3. The molecule has 0 aliphatic rings. The smallest absolute Gasteiger partial charge is 0.305 e. The molecule has 10 heavy (non-hydrogen) atoms. The van der Waals surface area contributed by atoms with Crippen molar-refractivity contribution >= 4 is 23.2 Å². The van der Waals surface area contributed by atoms with Gasteiger partial charge >= 0.3 is 4.52 Å². The van der Waals surface area contributed by atoms with Crippen LogP contribution in [-0.2, 0) is 4.89 Å². The Kier molecular flexibility index (Phi) is 3.31. The molecule has 0 unspecified atom stereocenters. The maximum atomic E-state index is 8.61. The first-order chi connectivity index (χ1) is 4.37. The Balaban J connectivity index is 4.28. The molecule has 0 aromatic heterocycles. The van der Waals surface area contributed by atoms with Crippen LogP contribution < -0.4 is 0 Å². The van der Waals surface area contributed by atoms with Gasteiger partial charge in [0.05, 0.1) is 0 Å². The molecule has 0 aromatic rings. The van der Waals surface area contributed by atoms with E-state index in [9.17, 15) is 0 Å². The SMILES string of the molecule is OCC(O)(O)C(Cl)(Cl)OO. The molecule has 0 rings (SSSR count). The monoisotopic (exact) mass is 192 g/mol. The molecule has 4 N–H and O–H groups in total. The van der Waals surface area contributed by atoms with E-state index in [1.54, 1.807) is 0 Å². The van der Waals surface area contributed by atoms with E-state index in [1.165, 1.54) is 0 Å². The highest BCUT2D eigenvalue weighted by molar-refractivity contribution is 6.47. The van der Waals surface area contributed by atoms with Crippen LogP contribution in [0.4, 0.5) is 0 Å². The van der Waals surface area contributed by atoms with Gasteiger partial charge in [-0.1, -0.05) is 23.2 Å². The Morgan fingerprint density at radius 1 is 1.30 bits per heavy atom.